The summed E-state index contributed by atoms with van der Waals surface area (Å²) in [4.78, 5) is 0. The third-order valence-electron chi connectivity index (χ3n) is 4.61. The third kappa shape index (κ3) is 6.54. The van der Waals surface area contributed by atoms with Crippen molar-refractivity contribution in [2.24, 2.45) is 0 Å². The maximum absolute atomic E-state index is 6.69. The summed E-state index contributed by atoms with van der Waals surface area (Å²) in [5.41, 5.74) is 1.41. The number of benzene rings is 1. The Hall–Kier alpha value is -0.313. The zero-order valence-electron chi connectivity index (χ0n) is 13.9. The minimum atomic E-state index is -1.51. The highest BCUT2D eigenvalue weighted by molar-refractivity contribution is 6.73. The van der Waals surface area contributed by atoms with E-state index >= 15 is 0 Å². The molecule has 0 saturated heterocycles. The molecule has 1 rings (SSSR count). The van der Waals surface area contributed by atoms with Crippen LogP contribution in [0.2, 0.25) is 18.1 Å². The van der Waals surface area contributed by atoms with Crippen molar-refractivity contribution >= 4 is 19.9 Å². The highest BCUT2D eigenvalue weighted by Crippen LogP contribution is 2.26. The predicted octanol–water partition coefficient (Wildman–Crippen LogP) is 6.03. The van der Waals surface area contributed by atoms with Crippen LogP contribution in [0.4, 0.5) is 0 Å². The van der Waals surface area contributed by atoms with Crippen LogP contribution in [0.1, 0.15) is 45.6 Å². The van der Waals surface area contributed by atoms with Crippen LogP contribution < -0.4 is 0 Å². The van der Waals surface area contributed by atoms with E-state index in [1.807, 2.05) is 0 Å². The minimum Gasteiger partial charge on any atom is -0.414 e. The molecular formula is C18H31ClOSi. The molecular weight excluding hydrogens is 296 g/mol. The number of halogens is 1. The highest BCUT2D eigenvalue weighted by Gasteiger charge is 2.31. The van der Waals surface area contributed by atoms with Crippen molar-refractivity contribution in [3.8, 4) is 0 Å². The Morgan fingerprint density at radius 2 is 1.62 bits per heavy atom. The molecule has 0 spiro atoms. The topological polar surface area (TPSA) is 9.23 Å². The fourth-order valence-corrected chi connectivity index (χ4v) is 5.99. The van der Waals surface area contributed by atoms with Gasteiger partial charge in [-0.15, -0.1) is 11.6 Å². The van der Waals surface area contributed by atoms with Crippen LogP contribution in [0.25, 0.3) is 0 Å². The molecule has 0 aromatic heterocycles. The molecule has 1 nitrogen and oxygen atoms in total. The van der Waals surface area contributed by atoms with E-state index in [4.69, 9.17) is 16.0 Å². The third-order valence-corrected chi connectivity index (χ3v) is 9.57. The quantitative estimate of drug-likeness (QED) is 0.356. The Morgan fingerprint density at radius 3 is 2.14 bits per heavy atom. The van der Waals surface area contributed by atoms with Gasteiger partial charge < -0.3 is 4.43 Å². The van der Waals surface area contributed by atoms with Gasteiger partial charge in [0, 0.05) is 12.0 Å². The van der Waals surface area contributed by atoms with E-state index < -0.39 is 8.32 Å². The van der Waals surface area contributed by atoms with Crippen molar-refractivity contribution in [3.63, 3.8) is 0 Å². The monoisotopic (exact) mass is 326 g/mol. The van der Waals surface area contributed by atoms with Crippen molar-refractivity contribution in [2.75, 3.05) is 5.88 Å². The number of aryl methyl sites for hydroxylation is 1. The van der Waals surface area contributed by atoms with Crippen molar-refractivity contribution in [2.45, 2.75) is 70.7 Å². The van der Waals surface area contributed by atoms with E-state index in [1.165, 1.54) is 23.7 Å². The summed E-state index contributed by atoms with van der Waals surface area (Å²) >= 11 is 5.89. The van der Waals surface area contributed by atoms with Gasteiger partial charge in [0.1, 0.15) is 0 Å². The summed E-state index contributed by atoms with van der Waals surface area (Å²) < 4.78 is 6.69. The Kier molecular flexibility index (Phi) is 9.30. The van der Waals surface area contributed by atoms with Crippen LogP contribution in [0.5, 0.6) is 0 Å². The predicted molar refractivity (Wildman–Crippen MR) is 96.8 cm³/mol. The molecule has 0 saturated carbocycles. The largest absolute Gasteiger partial charge is 0.414 e. The summed E-state index contributed by atoms with van der Waals surface area (Å²) in [5, 5.41) is 0. The lowest BCUT2D eigenvalue weighted by molar-refractivity contribution is 0.166. The molecule has 1 aromatic rings. The van der Waals surface area contributed by atoms with Crippen molar-refractivity contribution < 1.29 is 4.43 Å². The first-order valence-electron chi connectivity index (χ1n) is 8.47. The van der Waals surface area contributed by atoms with Crippen molar-refractivity contribution in [1.82, 2.24) is 0 Å². The van der Waals surface area contributed by atoms with E-state index in [9.17, 15) is 0 Å². The van der Waals surface area contributed by atoms with E-state index in [-0.39, 0.29) is 0 Å². The van der Waals surface area contributed by atoms with Gasteiger partial charge in [-0.25, -0.2) is 0 Å². The van der Waals surface area contributed by atoms with Crippen LogP contribution in [0.3, 0.4) is 0 Å². The first-order valence-corrected chi connectivity index (χ1v) is 11.5. The molecule has 0 bridgehead atoms. The van der Waals surface area contributed by atoms with Gasteiger partial charge in [-0.2, -0.15) is 0 Å². The molecule has 3 heteroatoms. The second-order valence-corrected chi connectivity index (χ2v) is 10.9. The standard InChI is InChI=1S/C18H31ClOSi/c1-4-21(5-2,6-3)20-18(13-10-16-19)15-14-17-11-8-7-9-12-17/h7-9,11-12,18H,4-6,10,13-16H2,1-3H3. The van der Waals surface area contributed by atoms with Crippen LogP contribution in [0, 0.1) is 0 Å². The SMILES string of the molecule is CC[Si](CC)(CC)OC(CCCCl)CCc1ccccc1. The summed E-state index contributed by atoms with van der Waals surface area (Å²) in [5.74, 6) is 0.740. The summed E-state index contributed by atoms with van der Waals surface area (Å²) in [7, 11) is -1.51. The van der Waals surface area contributed by atoms with E-state index in [2.05, 4.69) is 51.1 Å². The van der Waals surface area contributed by atoms with Crippen molar-refractivity contribution in [3.05, 3.63) is 35.9 Å². The summed E-state index contributed by atoms with van der Waals surface area (Å²) in [6.45, 7) is 6.90. The molecule has 0 heterocycles. The molecule has 0 amide bonds. The minimum absolute atomic E-state index is 0.385. The highest BCUT2D eigenvalue weighted by atomic mass is 35.5. The van der Waals surface area contributed by atoms with Crippen molar-refractivity contribution in [1.29, 1.82) is 0 Å². The van der Waals surface area contributed by atoms with Crippen LogP contribution in [-0.4, -0.2) is 20.3 Å². The number of alkyl halides is 1. The van der Waals surface area contributed by atoms with Crippen LogP contribution >= 0.6 is 11.6 Å². The Morgan fingerprint density at radius 1 is 1.00 bits per heavy atom. The number of hydrogen-bond donors (Lipinski definition) is 0. The number of rotatable bonds is 11. The maximum atomic E-state index is 6.69. The molecule has 1 unspecified atom stereocenters. The first-order chi connectivity index (χ1) is 10.2. The van der Waals surface area contributed by atoms with Gasteiger partial charge in [0.2, 0.25) is 0 Å². The van der Waals surface area contributed by atoms with Gasteiger partial charge in [-0.1, -0.05) is 51.1 Å². The lowest BCUT2D eigenvalue weighted by Gasteiger charge is -2.33. The normalized spacial score (nSPS) is 13.3. The molecule has 21 heavy (non-hydrogen) atoms. The first kappa shape index (κ1) is 18.7. The second kappa shape index (κ2) is 10.4. The summed E-state index contributed by atoms with van der Waals surface area (Å²) in [6.07, 6.45) is 4.77. The van der Waals surface area contributed by atoms with E-state index in [1.54, 1.807) is 0 Å². The molecule has 0 radical (unpaired) electrons. The number of hydrogen-bond acceptors (Lipinski definition) is 1. The Balaban J connectivity index is 2.62. The average molecular weight is 327 g/mol. The molecule has 0 aliphatic heterocycles. The molecule has 0 N–H and O–H groups in total. The van der Waals surface area contributed by atoms with Gasteiger partial charge in [-0.05, 0) is 49.4 Å². The smallest absolute Gasteiger partial charge is 0.192 e. The molecule has 120 valence electrons. The summed E-state index contributed by atoms with van der Waals surface area (Å²) in [6, 6.07) is 14.4. The Bertz CT molecular complexity index is 356. The van der Waals surface area contributed by atoms with Gasteiger partial charge in [0.05, 0.1) is 0 Å². The second-order valence-electron chi connectivity index (χ2n) is 5.84. The van der Waals surface area contributed by atoms with Gasteiger partial charge in [0.25, 0.3) is 0 Å². The molecule has 1 atom stereocenters. The zero-order valence-corrected chi connectivity index (χ0v) is 15.7. The average Bonchev–Trinajstić information content (AvgIpc) is 2.56. The van der Waals surface area contributed by atoms with Crippen LogP contribution in [0.15, 0.2) is 30.3 Å². The maximum Gasteiger partial charge on any atom is 0.192 e. The fraction of sp³-hybridized carbons (Fsp3) is 0.667. The van der Waals surface area contributed by atoms with E-state index in [0.29, 0.717) is 6.10 Å². The van der Waals surface area contributed by atoms with Gasteiger partial charge >= 0.3 is 0 Å². The lowest BCUT2D eigenvalue weighted by atomic mass is 10.0. The molecule has 0 aliphatic rings. The Labute approximate surface area is 137 Å². The molecule has 0 fully saturated rings. The fourth-order valence-electron chi connectivity index (χ4n) is 2.89. The van der Waals surface area contributed by atoms with Crippen LogP contribution in [-0.2, 0) is 10.8 Å². The molecule has 0 aliphatic carbocycles. The zero-order chi connectivity index (χ0) is 15.6. The van der Waals surface area contributed by atoms with E-state index in [0.717, 1.165) is 31.6 Å². The van der Waals surface area contributed by atoms with Gasteiger partial charge in [-0.3, -0.25) is 0 Å². The molecule has 1 aromatic carbocycles. The van der Waals surface area contributed by atoms with Gasteiger partial charge in [0.15, 0.2) is 8.32 Å². The lowest BCUT2D eigenvalue weighted by Crippen LogP contribution is -2.40.